The van der Waals surface area contributed by atoms with Crippen LogP contribution in [0.25, 0.3) is 0 Å². The van der Waals surface area contributed by atoms with Gasteiger partial charge in [-0.1, -0.05) is 31.4 Å². The van der Waals surface area contributed by atoms with Crippen molar-refractivity contribution in [1.29, 1.82) is 0 Å². The highest BCUT2D eigenvalue weighted by Gasteiger charge is 2.29. The van der Waals surface area contributed by atoms with Gasteiger partial charge in [-0.2, -0.15) is 0 Å². The van der Waals surface area contributed by atoms with Crippen LogP contribution in [-0.4, -0.2) is 21.5 Å². The summed E-state index contributed by atoms with van der Waals surface area (Å²) >= 11 is 0. The smallest absolute Gasteiger partial charge is 0.0829 e. The lowest BCUT2D eigenvalue weighted by molar-refractivity contribution is 0.175. The predicted molar refractivity (Wildman–Crippen MR) is 73.0 cm³/mol. The first-order valence-electron chi connectivity index (χ1n) is 7.28. The molecule has 4 heteroatoms. The van der Waals surface area contributed by atoms with Gasteiger partial charge in [0.15, 0.2) is 0 Å². The van der Waals surface area contributed by atoms with E-state index in [-0.39, 0.29) is 0 Å². The van der Waals surface area contributed by atoms with Gasteiger partial charge >= 0.3 is 0 Å². The Morgan fingerprint density at radius 1 is 1.39 bits per heavy atom. The molecule has 3 atom stereocenters. The van der Waals surface area contributed by atoms with Crippen LogP contribution in [0.4, 0.5) is 0 Å². The van der Waals surface area contributed by atoms with E-state index in [1.165, 1.54) is 32.1 Å². The van der Waals surface area contributed by atoms with E-state index >= 15 is 0 Å². The predicted octanol–water partition coefficient (Wildman–Crippen LogP) is 2.15. The molecule has 0 bridgehead atoms. The Bertz CT molecular complexity index is 360. The summed E-state index contributed by atoms with van der Waals surface area (Å²) in [7, 11) is 1.93. The minimum Gasteiger partial charge on any atom is -0.330 e. The van der Waals surface area contributed by atoms with Gasteiger partial charge in [0.2, 0.25) is 0 Å². The fraction of sp³-hybridized carbons (Fsp3) is 0.857. The Hall–Kier alpha value is -0.900. The lowest BCUT2D eigenvalue weighted by Crippen LogP contribution is -2.31. The van der Waals surface area contributed by atoms with Crippen LogP contribution in [0.15, 0.2) is 6.20 Å². The van der Waals surface area contributed by atoms with Crippen LogP contribution in [-0.2, 0) is 13.5 Å². The SMILES string of the molecule is CCCC1CCC(CN)C(Cc2cn(C)nn2)C1. The normalized spacial score (nSPS) is 28.5. The average molecular weight is 250 g/mol. The van der Waals surface area contributed by atoms with E-state index in [9.17, 15) is 0 Å². The second-order valence-corrected chi connectivity index (χ2v) is 5.81. The molecule has 3 unspecified atom stereocenters. The lowest BCUT2D eigenvalue weighted by atomic mass is 9.71. The van der Waals surface area contributed by atoms with Gasteiger partial charge in [0.25, 0.3) is 0 Å². The van der Waals surface area contributed by atoms with Gasteiger partial charge in [0, 0.05) is 13.2 Å². The molecule has 2 N–H and O–H groups in total. The van der Waals surface area contributed by atoms with E-state index in [1.54, 1.807) is 4.68 Å². The van der Waals surface area contributed by atoms with Gasteiger partial charge in [-0.05, 0) is 43.6 Å². The maximum Gasteiger partial charge on any atom is 0.0829 e. The van der Waals surface area contributed by atoms with E-state index in [0.717, 1.165) is 24.6 Å². The molecule has 18 heavy (non-hydrogen) atoms. The summed E-state index contributed by atoms with van der Waals surface area (Å²) in [6.07, 6.45) is 9.75. The zero-order valence-electron chi connectivity index (χ0n) is 11.7. The first-order chi connectivity index (χ1) is 8.72. The highest BCUT2D eigenvalue weighted by molar-refractivity contribution is 4.96. The number of aryl methyl sites for hydroxylation is 1. The third kappa shape index (κ3) is 3.31. The van der Waals surface area contributed by atoms with Crippen LogP contribution in [0.2, 0.25) is 0 Å². The molecule has 0 aromatic carbocycles. The van der Waals surface area contributed by atoms with Gasteiger partial charge in [0.05, 0.1) is 5.69 Å². The van der Waals surface area contributed by atoms with E-state index in [1.807, 2.05) is 13.2 Å². The minimum atomic E-state index is 0.681. The molecule has 102 valence electrons. The Morgan fingerprint density at radius 2 is 2.22 bits per heavy atom. The van der Waals surface area contributed by atoms with Crippen molar-refractivity contribution in [2.45, 2.75) is 45.4 Å². The van der Waals surface area contributed by atoms with E-state index in [4.69, 9.17) is 5.73 Å². The van der Waals surface area contributed by atoms with Crippen molar-refractivity contribution >= 4 is 0 Å². The molecule has 0 aliphatic heterocycles. The van der Waals surface area contributed by atoms with Gasteiger partial charge in [-0.3, -0.25) is 4.68 Å². The van der Waals surface area contributed by atoms with Crippen LogP contribution in [0.5, 0.6) is 0 Å². The third-order valence-corrected chi connectivity index (χ3v) is 4.37. The molecule has 0 amide bonds. The van der Waals surface area contributed by atoms with Crippen molar-refractivity contribution in [2.75, 3.05) is 6.54 Å². The summed E-state index contributed by atoms with van der Waals surface area (Å²) in [6, 6.07) is 0. The summed E-state index contributed by atoms with van der Waals surface area (Å²) in [4.78, 5) is 0. The maximum absolute atomic E-state index is 5.93. The monoisotopic (exact) mass is 250 g/mol. The molecule has 0 spiro atoms. The second kappa shape index (κ2) is 6.32. The molecular formula is C14H26N4. The fourth-order valence-electron chi connectivity index (χ4n) is 3.41. The molecule has 1 aromatic heterocycles. The molecule has 1 heterocycles. The maximum atomic E-state index is 5.93. The second-order valence-electron chi connectivity index (χ2n) is 5.81. The van der Waals surface area contributed by atoms with Gasteiger partial charge in [-0.15, -0.1) is 5.10 Å². The van der Waals surface area contributed by atoms with Gasteiger partial charge in [-0.25, -0.2) is 0 Å². The van der Waals surface area contributed by atoms with Gasteiger partial charge in [0.1, 0.15) is 0 Å². The Morgan fingerprint density at radius 3 is 2.83 bits per heavy atom. The van der Waals surface area contributed by atoms with Gasteiger partial charge < -0.3 is 5.73 Å². The van der Waals surface area contributed by atoms with Crippen molar-refractivity contribution in [2.24, 2.45) is 30.5 Å². The van der Waals surface area contributed by atoms with Crippen LogP contribution < -0.4 is 5.73 Å². The fourth-order valence-corrected chi connectivity index (χ4v) is 3.41. The standard InChI is InChI=1S/C14H26N4/c1-3-4-11-5-6-12(9-15)13(7-11)8-14-10-18(2)17-16-14/h10-13H,3-9,15H2,1-2H3. The Balaban J connectivity index is 1.97. The summed E-state index contributed by atoms with van der Waals surface area (Å²) in [5.74, 6) is 2.29. The van der Waals surface area contributed by atoms with Crippen LogP contribution >= 0.6 is 0 Å². The van der Waals surface area contributed by atoms with Crippen molar-refractivity contribution in [3.8, 4) is 0 Å². The van der Waals surface area contributed by atoms with Crippen molar-refractivity contribution in [3.05, 3.63) is 11.9 Å². The number of aromatic nitrogens is 3. The summed E-state index contributed by atoms with van der Waals surface area (Å²) in [6.45, 7) is 3.11. The zero-order chi connectivity index (χ0) is 13.0. The van der Waals surface area contributed by atoms with Crippen molar-refractivity contribution in [1.82, 2.24) is 15.0 Å². The van der Waals surface area contributed by atoms with Crippen molar-refractivity contribution < 1.29 is 0 Å². The average Bonchev–Trinajstić information content (AvgIpc) is 2.76. The number of rotatable bonds is 5. The molecule has 0 radical (unpaired) electrons. The number of nitrogens with two attached hydrogens (primary N) is 1. The van der Waals surface area contributed by atoms with E-state index in [2.05, 4.69) is 17.2 Å². The summed E-state index contributed by atoms with van der Waals surface area (Å²) in [5, 5.41) is 8.25. The molecule has 1 aliphatic rings. The molecule has 4 nitrogen and oxygen atoms in total. The molecule has 1 aromatic rings. The van der Waals surface area contributed by atoms with Crippen LogP contribution in [0.3, 0.4) is 0 Å². The number of nitrogens with zero attached hydrogens (tertiary/aromatic N) is 3. The molecular weight excluding hydrogens is 224 g/mol. The highest BCUT2D eigenvalue weighted by atomic mass is 15.4. The number of hydrogen-bond donors (Lipinski definition) is 1. The highest BCUT2D eigenvalue weighted by Crippen LogP contribution is 2.37. The van der Waals surface area contributed by atoms with Crippen LogP contribution in [0.1, 0.15) is 44.7 Å². The van der Waals surface area contributed by atoms with E-state index < -0.39 is 0 Å². The third-order valence-electron chi connectivity index (χ3n) is 4.37. The topological polar surface area (TPSA) is 56.7 Å². The Labute approximate surface area is 110 Å². The summed E-state index contributed by atoms with van der Waals surface area (Å²) in [5.41, 5.74) is 7.05. The molecule has 1 aliphatic carbocycles. The summed E-state index contributed by atoms with van der Waals surface area (Å²) < 4.78 is 1.79. The largest absolute Gasteiger partial charge is 0.330 e. The van der Waals surface area contributed by atoms with Crippen molar-refractivity contribution in [3.63, 3.8) is 0 Å². The minimum absolute atomic E-state index is 0.681. The zero-order valence-corrected chi connectivity index (χ0v) is 11.7. The first kappa shape index (κ1) is 13.5. The first-order valence-corrected chi connectivity index (χ1v) is 7.28. The lowest BCUT2D eigenvalue weighted by Gasteiger charge is -2.35. The quantitative estimate of drug-likeness (QED) is 0.871. The molecule has 1 saturated carbocycles. The molecule has 1 fully saturated rings. The Kier molecular flexibility index (Phi) is 4.75. The van der Waals surface area contributed by atoms with E-state index in [0.29, 0.717) is 11.8 Å². The molecule has 0 saturated heterocycles. The van der Waals surface area contributed by atoms with Crippen LogP contribution in [0, 0.1) is 17.8 Å². The number of hydrogen-bond acceptors (Lipinski definition) is 3. The molecule has 2 rings (SSSR count).